The van der Waals surface area contributed by atoms with Gasteiger partial charge in [-0.1, -0.05) is 0 Å². The van der Waals surface area contributed by atoms with Crippen molar-refractivity contribution in [3.05, 3.63) is 29.7 Å². The van der Waals surface area contributed by atoms with Crippen LogP contribution in [0.4, 0.5) is 0 Å². The Labute approximate surface area is 116 Å². The average Bonchev–Trinajstić information content (AvgIpc) is 2.96. The summed E-state index contributed by atoms with van der Waals surface area (Å²) >= 11 is 1.60. The molecule has 5 nitrogen and oxygen atoms in total. The predicted octanol–water partition coefficient (Wildman–Crippen LogP) is 1.87. The van der Waals surface area contributed by atoms with Crippen LogP contribution in [0, 0.1) is 0 Å². The molecule has 2 aromatic heterocycles. The van der Waals surface area contributed by atoms with Gasteiger partial charge in [0.25, 0.3) is 0 Å². The van der Waals surface area contributed by atoms with Crippen molar-refractivity contribution < 1.29 is 4.74 Å². The topological polar surface area (TPSA) is 59.9 Å². The standard InChI is InChI=1S/C13H16N4OS/c1-2-10(8-18-5-1)16-6-11-9-19-13(17-11)12-7-14-3-4-15-12/h3-4,7,9-10,16H,1-2,5-6,8H2/t10-/m1/s1. The van der Waals surface area contributed by atoms with E-state index in [2.05, 4.69) is 25.6 Å². The molecule has 0 aromatic carbocycles. The summed E-state index contributed by atoms with van der Waals surface area (Å²) in [6.45, 7) is 2.48. The lowest BCUT2D eigenvalue weighted by atomic mass is 10.1. The number of nitrogens with zero attached hydrogens (tertiary/aromatic N) is 3. The number of ether oxygens (including phenoxy) is 1. The van der Waals surface area contributed by atoms with Crippen molar-refractivity contribution in [2.24, 2.45) is 0 Å². The van der Waals surface area contributed by atoms with Crippen LogP contribution in [-0.4, -0.2) is 34.2 Å². The lowest BCUT2D eigenvalue weighted by molar-refractivity contribution is 0.0698. The molecule has 0 saturated carbocycles. The lowest BCUT2D eigenvalue weighted by Gasteiger charge is -2.22. The van der Waals surface area contributed by atoms with E-state index in [1.54, 1.807) is 29.9 Å². The van der Waals surface area contributed by atoms with Gasteiger partial charge in [-0.25, -0.2) is 4.98 Å². The van der Waals surface area contributed by atoms with Crippen LogP contribution < -0.4 is 5.32 Å². The summed E-state index contributed by atoms with van der Waals surface area (Å²) in [4.78, 5) is 12.9. The van der Waals surface area contributed by atoms with E-state index < -0.39 is 0 Å². The second kappa shape index (κ2) is 6.18. The zero-order chi connectivity index (χ0) is 12.9. The van der Waals surface area contributed by atoms with Crippen LogP contribution >= 0.6 is 11.3 Å². The van der Waals surface area contributed by atoms with Gasteiger partial charge in [0.15, 0.2) is 0 Å². The fraction of sp³-hybridized carbons (Fsp3) is 0.462. The zero-order valence-electron chi connectivity index (χ0n) is 10.6. The number of hydrogen-bond acceptors (Lipinski definition) is 6. The van der Waals surface area contributed by atoms with Gasteiger partial charge in [0.05, 0.1) is 18.5 Å². The third-order valence-corrected chi connectivity index (χ3v) is 3.98. The minimum absolute atomic E-state index is 0.454. The van der Waals surface area contributed by atoms with Crippen LogP contribution in [0.25, 0.3) is 10.7 Å². The monoisotopic (exact) mass is 276 g/mol. The summed E-state index contributed by atoms with van der Waals surface area (Å²) in [5.41, 5.74) is 1.89. The first kappa shape index (κ1) is 12.7. The van der Waals surface area contributed by atoms with E-state index in [1.807, 2.05) is 0 Å². The minimum Gasteiger partial charge on any atom is -0.380 e. The summed E-state index contributed by atoms with van der Waals surface area (Å²) in [6, 6.07) is 0.454. The molecule has 0 radical (unpaired) electrons. The van der Waals surface area contributed by atoms with Gasteiger partial charge in [-0.2, -0.15) is 0 Å². The van der Waals surface area contributed by atoms with Crippen molar-refractivity contribution in [1.82, 2.24) is 20.3 Å². The predicted molar refractivity (Wildman–Crippen MR) is 73.8 cm³/mol. The molecular weight excluding hydrogens is 260 g/mol. The van der Waals surface area contributed by atoms with Gasteiger partial charge in [0.2, 0.25) is 0 Å². The zero-order valence-corrected chi connectivity index (χ0v) is 11.4. The fourth-order valence-electron chi connectivity index (χ4n) is 2.07. The van der Waals surface area contributed by atoms with E-state index >= 15 is 0 Å². The van der Waals surface area contributed by atoms with Gasteiger partial charge in [-0.15, -0.1) is 11.3 Å². The maximum atomic E-state index is 5.45. The van der Waals surface area contributed by atoms with E-state index in [1.165, 1.54) is 6.42 Å². The van der Waals surface area contributed by atoms with Crippen molar-refractivity contribution in [3.8, 4) is 10.7 Å². The maximum Gasteiger partial charge on any atom is 0.143 e. The smallest absolute Gasteiger partial charge is 0.143 e. The quantitative estimate of drug-likeness (QED) is 0.923. The van der Waals surface area contributed by atoms with Gasteiger partial charge in [-0.05, 0) is 12.8 Å². The summed E-state index contributed by atoms with van der Waals surface area (Å²) in [5.74, 6) is 0. The third kappa shape index (κ3) is 3.34. The number of nitrogens with one attached hydrogen (secondary N) is 1. The van der Waals surface area contributed by atoms with Crippen molar-refractivity contribution >= 4 is 11.3 Å². The normalized spacial score (nSPS) is 19.5. The third-order valence-electron chi connectivity index (χ3n) is 3.07. The Morgan fingerprint density at radius 1 is 1.42 bits per heavy atom. The van der Waals surface area contributed by atoms with E-state index in [9.17, 15) is 0 Å². The molecule has 1 atom stereocenters. The summed E-state index contributed by atoms with van der Waals surface area (Å²) in [5, 5.41) is 6.48. The van der Waals surface area contributed by atoms with Crippen molar-refractivity contribution in [3.63, 3.8) is 0 Å². The van der Waals surface area contributed by atoms with E-state index in [0.29, 0.717) is 6.04 Å². The number of hydrogen-bond donors (Lipinski definition) is 1. The molecule has 1 N–H and O–H groups in total. The molecule has 2 aromatic rings. The number of rotatable bonds is 4. The molecule has 0 unspecified atom stereocenters. The van der Waals surface area contributed by atoms with Crippen molar-refractivity contribution in [1.29, 1.82) is 0 Å². The summed E-state index contributed by atoms with van der Waals surface area (Å²) in [6.07, 6.45) is 7.42. The first-order valence-electron chi connectivity index (χ1n) is 6.44. The fourth-order valence-corrected chi connectivity index (χ4v) is 2.85. The van der Waals surface area contributed by atoms with Crippen LogP contribution in [0.1, 0.15) is 18.5 Å². The van der Waals surface area contributed by atoms with Gasteiger partial charge < -0.3 is 10.1 Å². The van der Waals surface area contributed by atoms with Gasteiger partial charge in [0.1, 0.15) is 10.7 Å². The molecule has 0 spiro atoms. The largest absolute Gasteiger partial charge is 0.380 e. The van der Waals surface area contributed by atoms with Crippen molar-refractivity contribution in [2.45, 2.75) is 25.4 Å². The molecule has 0 amide bonds. The van der Waals surface area contributed by atoms with Crippen LogP contribution in [0.2, 0.25) is 0 Å². The molecule has 0 aliphatic carbocycles. The Balaban J connectivity index is 1.59. The van der Waals surface area contributed by atoms with Gasteiger partial charge >= 0.3 is 0 Å². The van der Waals surface area contributed by atoms with Crippen LogP contribution in [0.3, 0.4) is 0 Å². The molecule has 3 heterocycles. The molecule has 19 heavy (non-hydrogen) atoms. The van der Waals surface area contributed by atoms with Gasteiger partial charge in [0, 0.05) is 37.0 Å². The first-order chi connectivity index (χ1) is 9.42. The SMILES string of the molecule is c1cnc(-c2nc(CN[C@@H]3CCCOC3)cs2)cn1. The molecule has 1 aliphatic rings. The lowest BCUT2D eigenvalue weighted by Crippen LogP contribution is -2.36. The van der Waals surface area contributed by atoms with E-state index in [4.69, 9.17) is 4.74 Å². The molecule has 3 rings (SSSR count). The van der Waals surface area contributed by atoms with Gasteiger partial charge in [-0.3, -0.25) is 9.97 Å². The van der Waals surface area contributed by atoms with Crippen molar-refractivity contribution in [2.75, 3.05) is 13.2 Å². The number of thiazole rings is 1. The molecule has 0 bridgehead atoms. The first-order valence-corrected chi connectivity index (χ1v) is 7.32. The second-order valence-corrected chi connectivity index (χ2v) is 5.39. The molecule has 1 aliphatic heterocycles. The molecule has 1 fully saturated rings. The summed E-state index contributed by atoms with van der Waals surface area (Å²) in [7, 11) is 0. The van der Waals surface area contributed by atoms with Crippen LogP contribution in [0.5, 0.6) is 0 Å². The van der Waals surface area contributed by atoms with E-state index in [0.717, 1.165) is 42.6 Å². The average molecular weight is 276 g/mol. The molecular formula is C13H16N4OS. The molecule has 6 heteroatoms. The number of aromatic nitrogens is 3. The Kier molecular flexibility index (Phi) is 4.12. The van der Waals surface area contributed by atoms with Crippen LogP contribution in [0.15, 0.2) is 24.0 Å². The highest BCUT2D eigenvalue weighted by Crippen LogP contribution is 2.20. The van der Waals surface area contributed by atoms with Crippen LogP contribution in [-0.2, 0) is 11.3 Å². The minimum atomic E-state index is 0.454. The van der Waals surface area contributed by atoms with E-state index in [-0.39, 0.29) is 0 Å². The highest BCUT2D eigenvalue weighted by Gasteiger charge is 2.13. The maximum absolute atomic E-state index is 5.45. The molecule has 100 valence electrons. The highest BCUT2D eigenvalue weighted by atomic mass is 32.1. The second-order valence-electron chi connectivity index (χ2n) is 4.53. The molecule has 1 saturated heterocycles. The Bertz CT molecular complexity index is 510. The Hall–Kier alpha value is -1.37. The highest BCUT2D eigenvalue weighted by molar-refractivity contribution is 7.13. The Morgan fingerprint density at radius 3 is 3.21 bits per heavy atom. The Morgan fingerprint density at radius 2 is 2.42 bits per heavy atom. The summed E-state index contributed by atoms with van der Waals surface area (Å²) < 4.78 is 5.45.